The number of rotatable bonds is 4. The monoisotopic (exact) mass is 455 g/mol. The molecule has 2 aromatic heterocycles. The molecule has 0 aliphatic heterocycles. The Morgan fingerprint density at radius 1 is 1.15 bits per heavy atom. The summed E-state index contributed by atoms with van der Waals surface area (Å²) in [6, 6.07) is 6.50. The summed E-state index contributed by atoms with van der Waals surface area (Å²) in [5, 5.41) is 0. The average Bonchev–Trinajstić information content (AvgIpc) is 2.95. The summed E-state index contributed by atoms with van der Waals surface area (Å²) in [6.07, 6.45) is 0. The summed E-state index contributed by atoms with van der Waals surface area (Å²) in [6.45, 7) is 0.230. The first kappa shape index (κ1) is 19.5. The van der Waals surface area contributed by atoms with Crippen molar-refractivity contribution >= 4 is 37.1 Å². The Bertz CT molecular complexity index is 1270. The molecule has 0 aliphatic carbocycles. The first-order valence-corrected chi connectivity index (χ1v) is 10.1. The highest BCUT2D eigenvalue weighted by Gasteiger charge is 2.20. The topological polar surface area (TPSA) is 99.2 Å². The molecule has 9 nitrogen and oxygen atoms in total. The van der Waals surface area contributed by atoms with Gasteiger partial charge in [-0.05, 0) is 33.6 Å². The molecular weight excluding hydrogens is 438 g/mol. The summed E-state index contributed by atoms with van der Waals surface area (Å²) in [4.78, 5) is 29.0. The van der Waals surface area contributed by atoms with Crippen molar-refractivity contribution in [3.8, 4) is 0 Å². The fourth-order valence-corrected chi connectivity index (χ4v) is 4.24. The molecule has 3 aromatic rings. The van der Waals surface area contributed by atoms with Crippen LogP contribution in [0.25, 0.3) is 11.2 Å². The Morgan fingerprint density at radius 3 is 2.44 bits per heavy atom. The Balaban J connectivity index is 2.18. The molecule has 3 rings (SSSR count). The third-order valence-electron chi connectivity index (χ3n) is 4.31. The highest BCUT2D eigenvalue weighted by Crippen LogP contribution is 2.21. The molecule has 0 fully saturated rings. The van der Waals surface area contributed by atoms with E-state index in [4.69, 9.17) is 0 Å². The summed E-state index contributed by atoms with van der Waals surface area (Å²) >= 11 is 3.33. The van der Waals surface area contributed by atoms with Gasteiger partial charge in [0.05, 0.1) is 11.4 Å². The minimum Gasteiger partial charge on any atom is -0.300 e. The Hall–Kier alpha value is -2.24. The van der Waals surface area contributed by atoms with Crippen molar-refractivity contribution < 1.29 is 8.42 Å². The minimum atomic E-state index is -3.57. The highest BCUT2D eigenvalue weighted by atomic mass is 79.9. The first-order chi connectivity index (χ1) is 12.6. The molecule has 0 atom stereocenters. The van der Waals surface area contributed by atoms with Crippen LogP contribution in [-0.2, 0) is 30.7 Å². The fourth-order valence-electron chi connectivity index (χ4n) is 2.80. The number of aromatic nitrogens is 4. The number of imidazole rings is 1. The van der Waals surface area contributed by atoms with Crippen LogP contribution in [0.4, 0.5) is 0 Å². The van der Waals surface area contributed by atoms with E-state index in [2.05, 4.69) is 20.9 Å². The van der Waals surface area contributed by atoms with E-state index in [-0.39, 0.29) is 17.0 Å². The second-order valence-corrected chi connectivity index (χ2v) is 9.14. The SMILES string of the molecule is CN(C)S(=O)(=O)c1cccc(Cn2c(Br)nc3c(=O)n(C)c(=O)n(C)c32)c1. The van der Waals surface area contributed by atoms with Crippen LogP contribution in [0.2, 0.25) is 0 Å². The van der Waals surface area contributed by atoms with E-state index >= 15 is 0 Å². The molecule has 0 aliphatic rings. The van der Waals surface area contributed by atoms with Gasteiger partial charge in [0.1, 0.15) is 0 Å². The van der Waals surface area contributed by atoms with Crippen LogP contribution in [0.5, 0.6) is 0 Å². The lowest BCUT2D eigenvalue weighted by Crippen LogP contribution is -2.37. The van der Waals surface area contributed by atoms with Gasteiger partial charge in [0.15, 0.2) is 15.9 Å². The summed E-state index contributed by atoms with van der Waals surface area (Å²) in [7, 11) is 2.31. The maximum Gasteiger partial charge on any atom is 0.332 e. The summed E-state index contributed by atoms with van der Waals surface area (Å²) in [5.41, 5.74) is 0.243. The molecule has 0 N–H and O–H groups in total. The number of nitrogens with zero attached hydrogens (tertiary/aromatic N) is 5. The first-order valence-electron chi connectivity index (χ1n) is 7.89. The molecule has 144 valence electrons. The van der Waals surface area contributed by atoms with Gasteiger partial charge in [0.25, 0.3) is 5.56 Å². The number of hydrogen-bond acceptors (Lipinski definition) is 5. The molecule has 0 radical (unpaired) electrons. The van der Waals surface area contributed by atoms with Gasteiger partial charge in [-0.25, -0.2) is 22.5 Å². The molecular formula is C16H18BrN5O4S. The lowest BCUT2D eigenvalue weighted by atomic mass is 10.2. The molecule has 1 aromatic carbocycles. The number of benzene rings is 1. The van der Waals surface area contributed by atoms with Crippen molar-refractivity contribution in [1.29, 1.82) is 0 Å². The maximum atomic E-state index is 12.4. The van der Waals surface area contributed by atoms with E-state index in [1.54, 1.807) is 29.8 Å². The predicted molar refractivity (Wildman–Crippen MR) is 104 cm³/mol. The molecule has 0 bridgehead atoms. The molecule has 0 saturated carbocycles. The number of fused-ring (bicyclic) bond motifs is 1. The molecule has 0 unspecified atom stereocenters. The lowest BCUT2D eigenvalue weighted by molar-refractivity contribution is 0.520. The van der Waals surface area contributed by atoms with Gasteiger partial charge in [-0.15, -0.1) is 0 Å². The Labute approximate surface area is 163 Å². The number of aryl methyl sites for hydroxylation is 1. The van der Waals surface area contributed by atoms with Crippen molar-refractivity contribution in [3.05, 3.63) is 55.4 Å². The standard InChI is InChI=1S/C16H18BrN5O4S/c1-19(2)27(25,26)11-7-5-6-10(8-11)9-22-13-12(18-15(22)17)14(23)21(4)16(24)20(13)3/h5-8H,9H2,1-4H3. The predicted octanol–water partition coefficient (Wildman–Crippen LogP) is 0.495. The minimum absolute atomic E-state index is 0.156. The smallest absolute Gasteiger partial charge is 0.300 e. The maximum absolute atomic E-state index is 12.4. The van der Waals surface area contributed by atoms with Crippen molar-refractivity contribution in [2.24, 2.45) is 14.1 Å². The van der Waals surface area contributed by atoms with Gasteiger partial charge in [0, 0.05) is 28.2 Å². The van der Waals surface area contributed by atoms with Gasteiger partial charge in [0.2, 0.25) is 10.0 Å². The van der Waals surface area contributed by atoms with Crippen molar-refractivity contribution in [2.45, 2.75) is 11.4 Å². The van der Waals surface area contributed by atoms with Gasteiger partial charge in [-0.1, -0.05) is 12.1 Å². The number of hydrogen-bond donors (Lipinski definition) is 0. The highest BCUT2D eigenvalue weighted by molar-refractivity contribution is 9.10. The van der Waals surface area contributed by atoms with E-state index in [0.29, 0.717) is 15.9 Å². The van der Waals surface area contributed by atoms with Crippen LogP contribution in [0, 0.1) is 0 Å². The molecule has 0 spiro atoms. The number of sulfonamides is 1. The van der Waals surface area contributed by atoms with E-state index in [1.807, 2.05) is 0 Å². The fraction of sp³-hybridized carbons (Fsp3) is 0.312. The zero-order valence-electron chi connectivity index (χ0n) is 15.2. The van der Waals surface area contributed by atoms with Gasteiger partial charge in [-0.3, -0.25) is 18.5 Å². The third-order valence-corrected chi connectivity index (χ3v) is 6.73. The molecule has 27 heavy (non-hydrogen) atoms. The lowest BCUT2D eigenvalue weighted by Gasteiger charge is -2.13. The van der Waals surface area contributed by atoms with Crippen molar-refractivity contribution in [2.75, 3.05) is 14.1 Å². The second kappa shape index (κ2) is 6.73. The van der Waals surface area contributed by atoms with Crippen molar-refractivity contribution in [1.82, 2.24) is 23.0 Å². The Morgan fingerprint density at radius 2 is 1.81 bits per heavy atom. The van der Waals surface area contributed by atoms with E-state index < -0.39 is 21.3 Å². The van der Waals surface area contributed by atoms with Gasteiger partial charge < -0.3 is 0 Å². The van der Waals surface area contributed by atoms with Gasteiger partial charge >= 0.3 is 5.69 Å². The van der Waals surface area contributed by atoms with E-state index in [0.717, 1.165) is 8.87 Å². The van der Waals surface area contributed by atoms with E-state index in [1.165, 1.54) is 31.8 Å². The van der Waals surface area contributed by atoms with Crippen LogP contribution in [0.1, 0.15) is 5.56 Å². The largest absolute Gasteiger partial charge is 0.332 e. The summed E-state index contributed by atoms with van der Waals surface area (Å²) in [5.74, 6) is 0. The van der Waals surface area contributed by atoms with E-state index in [9.17, 15) is 18.0 Å². The quantitative estimate of drug-likeness (QED) is 0.533. The van der Waals surface area contributed by atoms with Crippen LogP contribution in [0.15, 0.2) is 43.5 Å². The molecule has 11 heteroatoms. The normalized spacial score (nSPS) is 12.2. The van der Waals surface area contributed by atoms with Crippen LogP contribution < -0.4 is 11.2 Å². The van der Waals surface area contributed by atoms with Crippen LogP contribution >= 0.6 is 15.9 Å². The zero-order valence-corrected chi connectivity index (χ0v) is 17.6. The average molecular weight is 456 g/mol. The number of halogens is 1. The summed E-state index contributed by atoms with van der Waals surface area (Å²) < 4.78 is 30.2. The van der Waals surface area contributed by atoms with Crippen LogP contribution in [0.3, 0.4) is 0 Å². The second-order valence-electron chi connectivity index (χ2n) is 6.28. The van der Waals surface area contributed by atoms with Crippen molar-refractivity contribution in [3.63, 3.8) is 0 Å². The van der Waals surface area contributed by atoms with Crippen LogP contribution in [-0.4, -0.2) is 45.5 Å². The third kappa shape index (κ3) is 3.15. The molecule has 0 saturated heterocycles. The Kier molecular flexibility index (Phi) is 4.87. The molecule has 0 amide bonds. The molecule has 2 heterocycles. The zero-order chi connectivity index (χ0) is 20.1. The van der Waals surface area contributed by atoms with Gasteiger partial charge in [-0.2, -0.15) is 0 Å².